The van der Waals surface area contributed by atoms with Crippen LogP contribution in [-0.4, -0.2) is 66.1 Å². The van der Waals surface area contributed by atoms with Gasteiger partial charge in [-0.05, 0) is 25.7 Å². The number of aromatic nitrogens is 1. The number of aromatic amines is 1. The minimum atomic E-state index is -4.56. The molecular weight excluding hydrogens is 329 g/mol. The molecule has 24 heavy (non-hydrogen) atoms. The number of likely N-dealkylation sites (N-methyl/N-ethyl adjacent to an activating group) is 1. The first-order chi connectivity index (χ1) is 11.1. The lowest BCUT2D eigenvalue weighted by molar-refractivity contribution is -0.140. The summed E-state index contributed by atoms with van der Waals surface area (Å²) in [7, 11) is 1.77. The predicted molar refractivity (Wildman–Crippen MR) is 80.3 cm³/mol. The van der Waals surface area contributed by atoms with Crippen molar-refractivity contribution in [2.75, 3.05) is 33.2 Å². The number of hydrogen-bond donors (Lipinski definition) is 4. The molecule has 1 atom stereocenters. The molecule has 0 aliphatic carbocycles. The number of nitrogens with zero attached hydrogens (tertiary/aromatic N) is 1. The van der Waals surface area contributed by atoms with Gasteiger partial charge in [0, 0.05) is 13.1 Å². The van der Waals surface area contributed by atoms with Gasteiger partial charge in [-0.1, -0.05) is 6.92 Å². The molecule has 0 spiro atoms. The largest absolute Gasteiger partial charge is 0.431 e. The number of alkyl halides is 3. The first-order valence-electron chi connectivity index (χ1n) is 7.31. The third kappa shape index (κ3) is 6.59. The molecule has 0 aliphatic heterocycles. The number of nitrogens with one attached hydrogen (secondary N) is 3. The minimum Gasteiger partial charge on any atom is -0.389 e. The van der Waals surface area contributed by atoms with Gasteiger partial charge in [0.25, 0.3) is 5.91 Å². The fraction of sp³-hybridized carbons (Fsp3) is 0.571. The topological polar surface area (TPSA) is 97.5 Å². The Kier molecular flexibility index (Phi) is 7.23. The molecule has 0 fully saturated rings. The van der Waals surface area contributed by atoms with Crippen molar-refractivity contribution in [1.29, 1.82) is 0 Å². The Bertz CT molecular complexity index is 560. The average Bonchev–Trinajstić information content (AvgIpc) is 3.00. The summed E-state index contributed by atoms with van der Waals surface area (Å²) < 4.78 is 37.3. The molecule has 7 nitrogen and oxygen atoms in total. The SMILES string of the molecule is CCN(C)CC(=O)NCC(O)CNC(=O)c1ccc(C(F)(F)F)[nH]1. The van der Waals surface area contributed by atoms with Crippen LogP contribution in [0.1, 0.15) is 23.1 Å². The Balaban J connectivity index is 2.36. The molecule has 1 aromatic rings. The second-order valence-corrected chi connectivity index (χ2v) is 5.28. The lowest BCUT2D eigenvalue weighted by Gasteiger charge is -2.16. The molecule has 4 N–H and O–H groups in total. The van der Waals surface area contributed by atoms with Gasteiger partial charge in [0.1, 0.15) is 11.4 Å². The van der Waals surface area contributed by atoms with Gasteiger partial charge in [-0.3, -0.25) is 14.5 Å². The number of H-pyrrole nitrogens is 1. The Morgan fingerprint density at radius 2 is 1.92 bits per heavy atom. The van der Waals surface area contributed by atoms with E-state index < -0.39 is 23.9 Å². The number of halogens is 3. The van der Waals surface area contributed by atoms with Crippen LogP contribution in [0.2, 0.25) is 0 Å². The zero-order chi connectivity index (χ0) is 18.3. The molecule has 0 saturated carbocycles. The van der Waals surface area contributed by atoms with Crippen LogP contribution in [-0.2, 0) is 11.0 Å². The summed E-state index contributed by atoms with van der Waals surface area (Å²) in [6.07, 6.45) is -5.62. The van der Waals surface area contributed by atoms with Crippen molar-refractivity contribution in [2.24, 2.45) is 0 Å². The number of rotatable bonds is 8. The van der Waals surface area contributed by atoms with Crippen molar-refractivity contribution in [2.45, 2.75) is 19.2 Å². The van der Waals surface area contributed by atoms with Crippen LogP contribution < -0.4 is 10.6 Å². The quantitative estimate of drug-likeness (QED) is 0.538. The van der Waals surface area contributed by atoms with Crippen LogP contribution >= 0.6 is 0 Å². The predicted octanol–water partition coefficient (Wildman–Crippen LogP) is 0.192. The van der Waals surface area contributed by atoms with E-state index in [1.54, 1.807) is 11.9 Å². The molecule has 0 aliphatic rings. The van der Waals surface area contributed by atoms with Gasteiger partial charge >= 0.3 is 6.18 Å². The molecule has 1 rings (SSSR count). The van der Waals surface area contributed by atoms with Crippen molar-refractivity contribution >= 4 is 11.8 Å². The summed E-state index contributed by atoms with van der Waals surface area (Å²) in [6, 6.07) is 1.77. The van der Waals surface area contributed by atoms with Crippen LogP contribution in [0.15, 0.2) is 12.1 Å². The maximum atomic E-state index is 12.4. The molecule has 0 aromatic carbocycles. The second-order valence-electron chi connectivity index (χ2n) is 5.28. The van der Waals surface area contributed by atoms with Crippen LogP contribution in [0.25, 0.3) is 0 Å². The summed E-state index contributed by atoms with van der Waals surface area (Å²) in [4.78, 5) is 26.9. The smallest absolute Gasteiger partial charge is 0.389 e. The number of aliphatic hydroxyl groups is 1. The Labute approximate surface area is 137 Å². The van der Waals surface area contributed by atoms with E-state index >= 15 is 0 Å². The minimum absolute atomic E-state index is 0.0742. The van der Waals surface area contributed by atoms with Crippen molar-refractivity contribution in [3.05, 3.63) is 23.5 Å². The molecule has 0 radical (unpaired) electrons. The molecular formula is C14H21F3N4O3. The molecule has 136 valence electrons. The molecule has 2 amide bonds. The first-order valence-corrected chi connectivity index (χ1v) is 7.31. The molecule has 0 bridgehead atoms. The molecule has 10 heteroatoms. The number of carbonyl (C=O) groups excluding carboxylic acids is 2. The third-order valence-corrected chi connectivity index (χ3v) is 3.22. The normalized spacial score (nSPS) is 13.0. The first kappa shape index (κ1) is 20.0. The van der Waals surface area contributed by atoms with Crippen LogP contribution in [0.4, 0.5) is 13.2 Å². The van der Waals surface area contributed by atoms with Gasteiger partial charge in [-0.2, -0.15) is 13.2 Å². The van der Waals surface area contributed by atoms with Gasteiger partial charge in [0.15, 0.2) is 0 Å². The van der Waals surface area contributed by atoms with Crippen LogP contribution in [0.5, 0.6) is 0 Å². The van der Waals surface area contributed by atoms with Gasteiger partial charge in [0.05, 0.1) is 12.6 Å². The summed E-state index contributed by atoms with van der Waals surface area (Å²) in [5, 5.41) is 14.5. The zero-order valence-corrected chi connectivity index (χ0v) is 13.4. The molecule has 1 heterocycles. The lowest BCUT2D eigenvalue weighted by atomic mass is 10.3. The van der Waals surface area contributed by atoms with Crippen molar-refractivity contribution in [1.82, 2.24) is 20.5 Å². The maximum absolute atomic E-state index is 12.4. The standard InChI is InChI=1S/C14H21F3N4O3/c1-3-21(2)8-12(23)18-6-9(22)7-19-13(24)10-4-5-11(20-10)14(15,16)17/h4-5,9,20,22H,3,6-8H2,1-2H3,(H,18,23)(H,19,24). The molecule has 0 saturated heterocycles. The van der Waals surface area contributed by atoms with E-state index in [9.17, 15) is 27.9 Å². The second kappa shape index (κ2) is 8.69. The van der Waals surface area contributed by atoms with E-state index in [0.29, 0.717) is 6.54 Å². The van der Waals surface area contributed by atoms with E-state index in [2.05, 4.69) is 10.6 Å². The lowest BCUT2D eigenvalue weighted by Crippen LogP contribution is -2.42. The maximum Gasteiger partial charge on any atom is 0.431 e. The van der Waals surface area contributed by atoms with Gasteiger partial charge < -0.3 is 20.7 Å². The average molecular weight is 350 g/mol. The van der Waals surface area contributed by atoms with Gasteiger partial charge in [-0.25, -0.2) is 0 Å². The van der Waals surface area contributed by atoms with E-state index in [1.807, 2.05) is 11.9 Å². The summed E-state index contributed by atoms with van der Waals surface area (Å²) in [5.41, 5.74) is -1.29. The van der Waals surface area contributed by atoms with Crippen molar-refractivity contribution in [3.8, 4) is 0 Å². The fourth-order valence-corrected chi connectivity index (χ4v) is 1.72. The highest BCUT2D eigenvalue weighted by atomic mass is 19.4. The van der Waals surface area contributed by atoms with Crippen molar-refractivity contribution in [3.63, 3.8) is 0 Å². The molecule has 1 unspecified atom stereocenters. The number of hydrogen-bond acceptors (Lipinski definition) is 4. The Hall–Kier alpha value is -2.07. The van der Waals surface area contributed by atoms with E-state index in [0.717, 1.165) is 12.1 Å². The van der Waals surface area contributed by atoms with Crippen LogP contribution in [0, 0.1) is 0 Å². The monoisotopic (exact) mass is 350 g/mol. The third-order valence-electron chi connectivity index (χ3n) is 3.22. The highest BCUT2D eigenvalue weighted by Crippen LogP contribution is 2.28. The molecule has 1 aromatic heterocycles. The van der Waals surface area contributed by atoms with E-state index in [4.69, 9.17) is 0 Å². The Morgan fingerprint density at radius 1 is 1.29 bits per heavy atom. The number of carbonyl (C=O) groups is 2. The van der Waals surface area contributed by atoms with Gasteiger partial charge in [-0.15, -0.1) is 0 Å². The van der Waals surface area contributed by atoms with Crippen molar-refractivity contribution < 1.29 is 27.9 Å². The number of amides is 2. The van der Waals surface area contributed by atoms with E-state index in [-0.39, 0.29) is 31.2 Å². The summed E-state index contributed by atoms with van der Waals surface area (Å²) in [5.74, 6) is -1.05. The summed E-state index contributed by atoms with van der Waals surface area (Å²) >= 11 is 0. The van der Waals surface area contributed by atoms with E-state index in [1.165, 1.54) is 0 Å². The summed E-state index contributed by atoms with van der Waals surface area (Å²) in [6.45, 7) is 2.49. The highest BCUT2D eigenvalue weighted by Gasteiger charge is 2.32. The Morgan fingerprint density at radius 3 is 2.46 bits per heavy atom. The highest BCUT2D eigenvalue weighted by molar-refractivity contribution is 5.92. The van der Waals surface area contributed by atoms with Gasteiger partial charge in [0.2, 0.25) is 5.91 Å². The van der Waals surface area contributed by atoms with Crippen LogP contribution in [0.3, 0.4) is 0 Å². The fourth-order valence-electron chi connectivity index (χ4n) is 1.72. The number of aliphatic hydroxyl groups excluding tert-OH is 1. The zero-order valence-electron chi connectivity index (χ0n) is 13.4.